The van der Waals surface area contributed by atoms with E-state index in [0.29, 0.717) is 22.6 Å². The number of aryl methyl sites for hydroxylation is 2. The van der Waals surface area contributed by atoms with Crippen LogP contribution in [0.2, 0.25) is 0 Å². The summed E-state index contributed by atoms with van der Waals surface area (Å²) in [6.45, 7) is 6.19. The van der Waals surface area contributed by atoms with Crippen LogP contribution in [0.5, 0.6) is 0 Å². The molecule has 4 aromatic rings. The van der Waals surface area contributed by atoms with Crippen molar-refractivity contribution < 1.29 is 18.9 Å². The molecule has 0 fully saturated rings. The van der Waals surface area contributed by atoms with Crippen LogP contribution in [0.1, 0.15) is 44.4 Å². The molecule has 0 saturated heterocycles. The van der Waals surface area contributed by atoms with Crippen molar-refractivity contribution in [1.82, 2.24) is 0 Å². The number of rotatable bonds is 9. The lowest BCUT2D eigenvalue weighted by Crippen LogP contribution is -2.31. The van der Waals surface area contributed by atoms with Crippen LogP contribution in [0.25, 0.3) is 5.69 Å². The normalized spacial score (nSPS) is 10.9. The average molecular weight is 582 g/mol. The highest BCUT2D eigenvalue weighted by atomic mass is 79.9. The number of ether oxygens (including phenoxy) is 1. The highest BCUT2D eigenvalue weighted by Gasteiger charge is 2.31. The Hall–Kier alpha value is -2.74. The molecule has 0 aliphatic rings. The van der Waals surface area contributed by atoms with Gasteiger partial charge in [0.1, 0.15) is 4.21 Å². The number of halogens is 1. The Morgan fingerprint density at radius 1 is 0.944 bits per heavy atom. The molecule has 4 nitrogen and oxygen atoms in total. The standard InChI is InChI=1S/C29H27BrNO3S2/c1-4-34-25(32)17-24-26(31-15-13-20(3)14-16-31)29(35-18-21-7-5-19(2)6-8-21)36-28(24)27(33)22-9-11-23(30)12-10-22/h5-16H,4,17-18H2,1-3H3/q+1. The quantitative estimate of drug-likeness (QED) is 0.0922. The highest BCUT2D eigenvalue weighted by molar-refractivity contribution is 9.10. The Labute approximate surface area is 228 Å². The number of ketones is 1. The van der Waals surface area contributed by atoms with Crippen LogP contribution < -0.4 is 4.57 Å². The number of benzene rings is 2. The fraction of sp³-hybridized carbons (Fsp3) is 0.207. The third kappa shape index (κ3) is 6.33. The zero-order valence-electron chi connectivity index (χ0n) is 20.4. The van der Waals surface area contributed by atoms with Gasteiger partial charge in [-0.1, -0.05) is 45.8 Å². The third-order valence-corrected chi connectivity index (χ3v) is 8.71. The zero-order valence-corrected chi connectivity index (χ0v) is 23.6. The first-order valence-corrected chi connectivity index (χ1v) is 14.2. The summed E-state index contributed by atoms with van der Waals surface area (Å²) in [6.07, 6.45) is 4.00. The first kappa shape index (κ1) is 26.3. The van der Waals surface area contributed by atoms with Crippen LogP contribution in [0, 0.1) is 13.8 Å². The van der Waals surface area contributed by atoms with Gasteiger partial charge in [0.25, 0.3) is 0 Å². The van der Waals surface area contributed by atoms with E-state index in [9.17, 15) is 9.59 Å². The fourth-order valence-corrected chi connectivity index (χ4v) is 6.51. The number of carbonyl (C=O) groups excluding carboxylic acids is 2. The molecule has 4 rings (SSSR count). The largest absolute Gasteiger partial charge is 0.466 e. The van der Waals surface area contributed by atoms with Crippen LogP contribution >= 0.6 is 39.0 Å². The maximum atomic E-state index is 13.7. The minimum absolute atomic E-state index is 0.0310. The monoisotopic (exact) mass is 580 g/mol. The van der Waals surface area contributed by atoms with Crippen molar-refractivity contribution in [2.45, 2.75) is 37.2 Å². The molecule has 0 unspecified atom stereocenters. The molecule has 7 heteroatoms. The summed E-state index contributed by atoms with van der Waals surface area (Å²) in [6, 6.07) is 19.8. The molecule has 0 aliphatic heterocycles. The second-order valence-electron chi connectivity index (χ2n) is 8.42. The average Bonchev–Trinajstić information content (AvgIpc) is 3.22. The van der Waals surface area contributed by atoms with E-state index in [4.69, 9.17) is 4.74 Å². The van der Waals surface area contributed by atoms with Crippen molar-refractivity contribution in [3.63, 3.8) is 0 Å². The molecule has 0 bridgehead atoms. The molecule has 2 heterocycles. The molecule has 0 saturated carbocycles. The number of pyridine rings is 1. The van der Waals surface area contributed by atoms with Gasteiger partial charge in [-0.25, -0.2) is 0 Å². The van der Waals surface area contributed by atoms with Crippen molar-refractivity contribution in [1.29, 1.82) is 0 Å². The maximum Gasteiger partial charge on any atom is 0.310 e. The summed E-state index contributed by atoms with van der Waals surface area (Å²) in [4.78, 5) is 26.9. The van der Waals surface area contributed by atoms with E-state index in [1.807, 2.05) is 48.1 Å². The van der Waals surface area contributed by atoms with Gasteiger partial charge in [0.15, 0.2) is 12.4 Å². The van der Waals surface area contributed by atoms with Crippen molar-refractivity contribution in [2.75, 3.05) is 6.61 Å². The van der Waals surface area contributed by atoms with Crippen LogP contribution in [-0.2, 0) is 21.7 Å². The number of thioether (sulfide) groups is 1. The Morgan fingerprint density at radius 3 is 2.22 bits per heavy atom. The molecular weight excluding hydrogens is 554 g/mol. The molecule has 2 aromatic carbocycles. The molecule has 0 aliphatic carbocycles. The molecule has 36 heavy (non-hydrogen) atoms. The van der Waals surface area contributed by atoms with Gasteiger partial charge in [-0.2, -0.15) is 4.57 Å². The van der Waals surface area contributed by atoms with Crippen molar-refractivity contribution >= 4 is 50.8 Å². The minimum Gasteiger partial charge on any atom is -0.466 e. The Bertz CT molecular complexity index is 1360. The van der Waals surface area contributed by atoms with E-state index in [1.54, 1.807) is 30.8 Å². The van der Waals surface area contributed by atoms with E-state index in [2.05, 4.69) is 47.1 Å². The van der Waals surface area contributed by atoms with Crippen LogP contribution in [-0.4, -0.2) is 18.4 Å². The van der Waals surface area contributed by atoms with Crippen molar-refractivity contribution in [3.8, 4) is 5.69 Å². The van der Waals surface area contributed by atoms with E-state index in [-0.39, 0.29) is 18.2 Å². The molecule has 184 valence electrons. The molecule has 0 N–H and O–H groups in total. The molecule has 2 aromatic heterocycles. The van der Waals surface area contributed by atoms with Crippen molar-refractivity contribution in [2.24, 2.45) is 0 Å². The smallest absolute Gasteiger partial charge is 0.310 e. The zero-order chi connectivity index (χ0) is 25.7. The third-order valence-electron chi connectivity index (χ3n) is 5.63. The lowest BCUT2D eigenvalue weighted by atomic mass is 10.0. The number of thiophene rings is 1. The van der Waals surface area contributed by atoms with E-state index < -0.39 is 0 Å². The second kappa shape index (κ2) is 12.0. The topological polar surface area (TPSA) is 47.3 Å². The van der Waals surface area contributed by atoms with Gasteiger partial charge >= 0.3 is 5.97 Å². The summed E-state index contributed by atoms with van der Waals surface area (Å²) in [5.41, 5.74) is 5.70. The van der Waals surface area contributed by atoms with Crippen LogP contribution in [0.15, 0.2) is 81.7 Å². The van der Waals surface area contributed by atoms with Gasteiger partial charge in [0.05, 0.1) is 23.5 Å². The van der Waals surface area contributed by atoms with Gasteiger partial charge in [0, 0.05) is 27.9 Å². The van der Waals surface area contributed by atoms with Gasteiger partial charge in [-0.05, 0) is 56.2 Å². The van der Waals surface area contributed by atoms with Crippen LogP contribution in [0.3, 0.4) is 0 Å². The number of esters is 1. The summed E-state index contributed by atoms with van der Waals surface area (Å²) in [7, 11) is 0. The number of carbonyl (C=O) groups is 2. The molecule has 0 spiro atoms. The molecule has 0 atom stereocenters. The summed E-state index contributed by atoms with van der Waals surface area (Å²) < 4.78 is 9.20. The van der Waals surface area contributed by atoms with Gasteiger partial charge in [0.2, 0.25) is 11.5 Å². The number of hydrogen-bond donors (Lipinski definition) is 0. The number of nitrogens with zero attached hydrogens (tertiary/aromatic N) is 1. The van der Waals surface area contributed by atoms with E-state index in [0.717, 1.165) is 25.7 Å². The molecular formula is C29H27BrNO3S2+. The van der Waals surface area contributed by atoms with E-state index >= 15 is 0 Å². The lowest BCUT2D eigenvalue weighted by molar-refractivity contribution is -0.598. The Morgan fingerprint density at radius 2 is 1.58 bits per heavy atom. The highest BCUT2D eigenvalue weighted by Crippen LogP contribution is 2.40. The first-order chi connectivity index (χ1) is 17.4. The summed E-state index contributed by atoms with van der Waals surface area (Å²) >= 11 is 6.57. The predicted octanol–water partition coefficient (Wildman–Crippen LogP) is 7.03. The number of aromatic nitrogens is 1. The lowest BCUT2D eigenvalue weighted by Gasteiger charge is -2.06. The SMILES string of the molecule is CCOC(=O)Cc1c(C(=O)c2ccc(Br)cc2)sc(SCc2ccc(C)cc2)c1-[n+]1ccc(C)cc1. The van der Waals surface area contributed by atoms with Gasteiger partial charge in [-0.15, -0.1) is 23.1 Å². The van der Waals surface area contributed by atoms with E-state index in [1.165, 1.54) is 22.5 Å². The Kier molecular flexibility index (Phi) is 8.77. The molecule has 0 amide bonds. The van der Waals surface area contributed by atoms with Crippen molar-refractivity contribution in [3.05, 3.63) is 110 Å². The summed E-state index contributed by atoms with van der Waals surface area (Å²) in [5.74, 6) is 0.317. The fourth-order valence-electron chi connectivity index (χ4n) is 3.71. The second-order valence-corrected chi connectivity index (χ2v) is 11.6. The minimum atomic E-state index is -0.343. The van der Waals surface area contributed by atoms with Gasteiger partial charge < -0.3 is 4.74 Å². The van der Waals surface area contributed by atoms with Crippen LogP contribution in [0.4, 0.5) is 0 Å². The molecule has 0 radical (unpaired) electrons. The predicted molar refractivity (Wildman–Crippen MR) is 149 cm³/mol. The maximum absolute atomic E-state index is 13.7. The van der Waals surface area contributed by atoms with Gasteiger partial charge in [-0.3, -0.25) is 9.59 Å². The first-order valence-electron chi connectivity index (χ1n) is 11.6. The number of hydrogen-bond acceptors (Lipinski definition) is 5. The Balaban J connectivity index is 1.83. The summed E-state index contributed by atoms with van der Waals surface area (Å²) in [5, 5.41) is 0.